The largest absolute Gasteiger partial charge is 0.332 e. The van der Waals surface area contributed by atoms with Gasteiger partial charge in [0.1, 0.15) is 0 Å². The minimum atomic E-state index is -2.87. The van der Waals surface area contributed by atoms with Crippen LogP contribution in [0.4, 0.5) is 8.78 Å². The first-order chi connectivity index (χ1) is 5.66. The summed E-state index contributed by atoms with van der Waals surface area (Å²) in [5.74, 6) is -1.05. The monoisotopic (exact) mass is 178 g/mol. The molecule has 0 unspecified atom stereocenters. The smallest absolute Gasteiger partial charge is 0.315 e. The van der Waals surface area contributed by atoms with E-state index in [1.54, 1.807) is 6.92 Å². The molecule has 1 rings (SSSR count). The Morgan fingerprint density at radius 2 is 2.25 bits per heavy atom. The number of nitrogens with one attached hydrogen (secondary N) is 1. The van der Waals surface area contributed by atoms with E-state index in [9.17, 15) is 13.6 Å². The number of carbonyl (C=O) groups excluding carboxylic acids is 1. The molecule has 0 bridgehead atoms. The number of hydrogen-bond donors (Lipinski definition) is 1. The fourth-order valence-corrected chi connectivity index (χ4v) is 1.21. The lowest BCUT2D eigenvalue weighted by Crippen LogP contribution is -2.59. The summed E-state index contributed by atoms with van der Waals surface area (Å²) in [4.78, 5) is 12.1. The van der Waals surface area contributed by atoms with E-state index in [4.69, 9.17) is 0 Å². The third-order valence-electron chi connectivity index (χ3n) is 2.01. The highest BCUT2D eigenvalue weighted by Gasteiger charge is 2.31. The highest BCUT2D eigenvalue weighted by Crippen LogP contribution is 2.08. The van der Waals surface area contributed by atoms with Crippen molar-refractivity contribution in [1.29, 1.82) is 0 Å². The SMILES string of the molecule is CCN(C(=O)C(F)F)C1CNC1. The van der Waals surface area contributed by atoms with Gasteiger partial charge in [0, 0.05) is 19.6 Å². The molecule has 0 saturated carbocycles. The lowest BCUT2D eigenvalue weighted by molar-refractivity contribution is -0.146. The molecule has 1 aliphatic heterocycles. The quantitative estimate of drug-likeness (QED) is 0.663. The lowest BCUT2D eigenvalue weighted by Gasteiger charge is -2.37. The van der Waals surface area contributed by atoms with E-state index in [0.717, 1.165) is 0 Å². The maximum absolute atomic E-state index is 12.0. The van der Waals surface area contributed by atoms with Crippen molar-refractivity contribution in [2.45, 2.75) is 19.4 Å². The molecule has 0 aliphatic carbocycles. The first-order valence-corrected chi connectivity index (χ1v) is 3.96. The fourth-order valence-electron chi connectivity index (χ4n) is 1.21. The number of carbonyl (C=O) groups is 1. The van der Waals surface area contributed by atoms with Crippen molar-refractivity contribution in [2.75, 3.05) is 19.6 Å². The Morgan fingerprint density at radius 3 is 2.50 bits per heavy atom. The van der Waals surface area contributed by atoms with Gasteiger partial charge in [-0.2, -0.15) is 8.78 Å². The Hall–Kier alpha value is -0.710. The molecule has 12 heavy (non-hydrogen) atoms. The zero-order valence-electron chi connectivity index (χ0n) is 6.89. The number of rotatable bonds is 3. The Labute approximate surface area is 69.7 Å². The Morgan fingerprint density at radius 1 is 1.67 bits per heavy atom. The molecule has 0 aromatic carbocycles. The second kappa shape index (κ2) is 3.80. The molecule has 1 amide bonds. The van der Waals surface area contributed by atoms with Crippen LogP contribution in [0.2, 0.25) is 0 Å². The Balaban J connectivity index is 2.48. The zero-order chi connectivity index (χ0) is 9.14. The summed E-state index contributed by atoms with van der Waals surface area (Å²) in [5.41, 5.74) is 0. The van der Waals surface area contributed by atoms with Crippen molar-refractivity contribution in [3.63, 3.8) is 0 Å². The van der Waals surface area contributed by atoms with E-state index < -0.39 is 12.3 Å². The van der Waals surface area contributed by atoms with Crippen LogP contribution in [0.1, 0.15) is 6.92 Å². The first-order valence-electron chi connectivity index (χ1n) is 3.96. The van der Waals surface area contributed by atoms with Crippen molar-refractivity contribution in [3.05, 3.63) is 0 Å². The summed E-state index contributed by atoms with van der Waals surface area (Å²) in [6.45, 7) is 3.33. The molecule has 1 N–H and O–H groups in total. The van der Waals surface area contributed by atoms with Crippen molar-refractivity contribution in [1.82, 2.24) is 10.2 Å². The van der Waals surface area contributed by atoms with Gasteiger partial charge in [0.25, 0.3) is 5.91 Å². The molecular weight excluding hydrogens is 166 g/mol. The van der Waals surface area contributed by atoms with Crippen molar-refractivity contribution < 1.29 is 13.6 Å². The normalized spacial score (nSPS) is 17.7. The molecule has 0 spiro atoms. The van der Waals surface area contributed by atoms with Gasteiger partial charge in [0.2, 0.25) is 0 Å². The summed E-state index contributed by atoms with van der Waals surface area (Å²) < 4.78 is 23.9. The minimum Gasteiger partial charge on any atom is -0.332 e. The molecule has 0 atom stereocenters. The van der Waals surface area contributed by atoms with Crippen LogP contribution in [-0.4, -0.2) is 42.9 Å². The van der Waals surface area contributed by atoms with E-state index in [1.807, 2.05) is 0 Å². The molecular formula is C7H12F2N2O. The van der Waals surface area contributed by atoms with Gasteiger partial charge >= 0.3 is 6.43 Å². The molecule has 70 valence electrons. The third kappa shape index (κ3) is 1.72. The van der Waals surface area contributed by atoms with Gasteiger partial charge in [-0.05, 0) is 6.92 Å². The highest BCUT2D eigenvalue weighted by molar-refractivity contribution is 5.79. The van der Waals surface area contributed by atoms with Crippen LogP contribution in [0.25, 0.3) is 0 Å². The number of likely N-dealkylation sites (N-methyl/N-ethyl adjacent to an activating group) is 1. The Kier molecular flexibility index (Phi) is 2.97. The van der Waals surface area contributed by atoms with E-state index in [0.29, 0.717) is 19.6 Å². The second-order valence-electron chi connectivity index (χ2n) is 2.74. The van der Waals surface area contributed by atoms with Crippen LogP contribution < -0.4 is 5.32 Å². The third-order valence-corrected chi connectivity index (χ3v) is 2.01. The average molecular weight is 178 g/mol. The average Bonchev–Trinajstić information content (AvgIpc) is 1.94. The first kappa shape index (κ1) is 9.38. The summed E-state index contributed by atoms with van der Waals surface area (Å²) in [7, 11) is 0. The van der Waals surface area contributed by atoms with E-state index in [2.05, 4.69) is 5.32 Å². The summed E-state index contributed by atoms with van der Waals surface area (Å²) >= 11 is 0. The number of alkyl halides is 2. The van der Waals surface area contributed by atoms with Gasteiger partial charge in [-0.25, -0.2) is 0 Å². The summed E-state index contributed by atoms with van der Waals surface area (Å²) in [6, 6.07) is -0.0310. The molecule has 1 aliphatic rings. The van der Waals surface area contributed by atoms with Crippen LogP contribution >= 0.6 is 0 Å². The topological polar surface area (TPSA) is 32.3 Å². The number of hydrogen-bond acceptors (Lipinski definition) is 2. The molecule has 1 saturated heterocycles. The van der Waals surface area contributed by atoms with Crippen LogP contribution in [-0.2, 0) is 4.79 Å². The molecule has 5 heteroatoms. The molecule has 1 heterocycles. The van der Waals surface area contributed by atoms with E-state index in [-0.39, 0.29) is 6.04 Å². The summed E-state index contributed by atoms with van der Waals surface area (Å²) in [5, 5.41) is 2.93. The number of amides is 1. The molecule has 1 fully saturated rings. The fraction of sp³-hybridized carbons (Fsp3) is 0.857. The predicted molar refractivity (Wildman–Crippen MR) is 40.0 cm³/mol. The predicted octanol–water partition coefficient (Wildman–Crippen LogP) is 0.0718. The van der Waals surface area contributed by atoms with Gasteiger partial charge in [-0.1, -0.05) is 0 Å². The van der Waals surface area contributed by atoms with Crippen molar-refractivity contribution in [2.24, 2.45) is 0 Å². The van der Waals surface area contributed by atoms with Gasteiger partial charge in [-0.3, -0.25) is 4.79 Å². The van der Waals surface area contributed by atoms with Gasteiger partial charge in [0.15, 0.2) is 0 Å². The summed E-state index contributed by atoms with van der Waals surface area (Å²) in [6.07, 6.45) is -2.87. The zero-order valence-corrected chi connectivity index (χ0v) is 6.89. The number of nitrogens with zero attached hydrogens (tertiary/aromatic N) is 1. The Bertz CT molecular complexity index is 171. The maximum atomic E-state index is 12.0. The molecule has 0 aromatic rings. The number of halogens is 2. The maximum Gasteiger partial charge on any atom is 0.315 e. The molecule has 0 radical (unpaired) electrons. The van der Waals surface area contributed by atoms with Crippen molar-refractivity contribution >= 4 is 5.91 Å². The van der Waals surface area contributed by atoms with E-state index >= 15 is 0 Å². The second-order valence-corrected chi connectivity index (χ2v) is 2.74. The van der Waals surface area contributed by atoms with Crippen LogP contribution in [0.5, 0.6) is 0 Å². The van der Waals surface area contributed by atoms with Gasteiger partial charge < -0.3 is 10.2 Å². The molecule has 0 aromatic heterocycles. The van der Waals surface area contributed by atoms with Crippen LogP contribution in [0.15, 0.2) is 0 Å². The van der Waals surface area contributed by atoms with E-state index in [1.165, 1.54) is 4.90 Å². The van der Waals surface area contributed by atoms with Crippen molar-refractivity contribution in [3.8, 4) is 0 Å². The highest BCUT2D eigenvalue weighted by atomic mass is 19.3. The molecule has 3 nitrogen and oxygen atoms in total. The van der Waals surface area contributed by atoms with Crippen LogP contribution in [0, 0.1) is 0 Å². The van der Waals surface area contributed by atoms with Gasteiger partial charge in [0.05, 0.1) is 6.04 Å². The lowest BCUT2D eigenvalue weighted by atomic mass is 10.1. The standard InChI is InChI=1S/C7H12F2N2O/c1-2-11(5-3-10-4-5)7(12)6(8)9/h5-6,10H,2-4H2,1H3. The van der Waals surface area contributed by atoms with Gasteiger partial charge in [-0.15, -0.1) is 0 Å². The minimum absolute atomic E-state index is 0.0310. The van der Waals surface area contributed by atoms with Crippen LogP contribution in [0.3, 0.4) is 0 Å².